The number of halogens is 1. The Morgan fingerprint density at radius 2 is 1.45 bits per heavy atom. The van der Waals surface area contributed by atoms with Crippen molar-refractivity contribution in [1.82, 2.24) is 10.2 Å². The fourth-order valence-electron chi connectivity index (χ4n) is 5.31. The van der Waals surface area contributed by atoms with E-state index in [9.17, 15) is 4.79 Å². The average Bonchev–Trinajstić information content (AvgIpc) is 2.88. The van der Waals surface area contributed by atoms with Gasteiger partial charge in [0.2, 0.25) is 6.41 Å². The summed E-state index contributed by atoms with van der Waals surface area (Å²) in [5.74, 6) is 0.628. The van der Waals surface area contributed by atoms with E-state index in [1.807, 2.05) is 12.1 Å². The molecule has 33 heavy (non-hydrogen) atoms. The second-order valence-electron chi connectivity index (χ2n) is 9.08. The first-order valence-corrected chi connectivity index (χ1v) is 12.3. The van der Waals surface area contributed by atoms with E-state index in [0.717, 1.165) is 43.9 Å². The van der Waals surface area contributed by atoms with E-state index in [2.05, 4.69) is 83.0 Å². The Kier molecular flexibility index (Phi) is 8.20. The summed E-state index contributed by atoms with van der Waals surface area (Å²) in [6.07, 6.45) is 5.27. The zero-order valence-corrected chi connectivity index (χ0v) is 19.9. The van der Waals surface area contributed by atoms with Crippen LogP contribution < -0.4 is 5.32 Å². The van der Waals surface area contributed by atoms with Gasteiger partial charge in [-0.05, 0) is 80.1 Å². The van der Waals surface area contributed by atoms with Gasteiger partial charge < -0.3 is 10.2 Å². The zero-order chi connectivity index (χ0) is 22.9. The van der Waals surface area contributed by atoms with Gasteiger partial charge in [-0.25, -0.2) is 0 Å². The number of nitrogens with zero attached hydrogens (tertiary/aromatic N) is 1. The van der Waals surface area contributed by atoms with Crippen molar-refractivity contribution >= 4 is 18.0 Å². The number of carbonyl (C=O) groups excluding carboxylic acids is 1. The minimum Gasteiger partial charge on any atom is -0.357 e. The molecule has 1 heterocycles. The van der Waals surface area contributed by atoms with Crippen LogP contribution in [0.5, 0.6) is 0 Å². The maximum absolute atomic E-state index is 11.3. The molecule has 0 bridgehead atoms. The van der Waals surface area contributed by atoms with Gasteiger partial charge in [0.15, 0.2) is 0 Å². The van der Waals surface area contributed by atoms with Crippen LogP contribution in [0.1, 0.15) is 48.3 Å². The number of likely N-dealkylation sites (tertiary alicyclic amines) is 1. The number of amides is 1. The summed E-state index contributed by atoms with van der Waals surface area (Å²) in [6.45, 7) is 3.94. The van der Waals surface area contributed by atoms with Gasteiger partial charge in [0, 0.05) is 17.0 Å². The number of hydrogen-bond donors (Lipinski definition) is 1. The highest BCUT2D eigenvalue weighted by Crippen LogP contribution is 2.37. The van der Waals surface area contributed by atoms with Gasteiger partial charge in [-0.15, -0.1) is 0 Å². The summed E-state index contributed by atoms with van der Waals surface area (Å²) in [5, 5.41) is 3.81. The molecule has 1 amide bonds. The lowest BCUT2D eigenvalue weighted by Gasteiger charge is -2.37. The highest BCUT2D eigenvalue weighted by Gasteiger charge is 2.34. The monoisotopic (exact) mass is 460 g/mol. The van der Waals surface area contributed by atoms with E-state index >= 15 is 0 Å². The molecule has 4 heteroatoms. The molecule has 1 aliphatic rings. The minimum absolute atomic E-state index is 0.231. The number of nitrogens with one attached hydrogen (secondary N) is 1. The molecule has 0 atom stereocenters. The predicted octanol–water partition coefficient (Wildman–Crippen LogP) is 6.03. The first-order chi connectivity index (χ1) is 16.2. The quantitative estimate of drug-likeness (QED) is 0.374. The van der Waals surface area contributed by atoms with Crippen LogP contribution in [0.15, 0.2) is 84.9 Å². The molecule has 3 aromatic rings. The SMILES string of the molecule is O=CNCC(CCCN1CCC(c2ccc(Cl)cc2)CC1)(c1ccccc1)c1ccccc1. The summed E-state index contributed by atoms with van der Waals surface area (Å²) in [4.78, 5) is 13.9. The standard InChI is InChI=1S/C29H33ClN2O/c30-28-14-12-24(13-15-28)25-16-20-32(21-17-25)19-7-18-29(22-31-23-33,26-8-3-1-4-9-26)27-10-5-2-6-11-27/h1-6,8-15,23,25H,7,16-22H2,(H,31,33). The molecule has 1 aliphatic heterocycles. The van der Waals surface area contributed by atoms with Crippen molar-refractivity contribution in [3.05, 3.63) is 107 Å². The van der Waals surface area contributed by atoms with Crippen LogP contribution in [0.4, 0.5) is 0 Å². The van der Waals surface area contributed by atoms with Crippen molar-refractivity contribution in [2.24, 2.45) is 0 Å². The molecule has 4 rings (SSSR count). The summed E-state index contributed by atoms with van der Waals surface area (Å²) in [5.41, 5.74) is 3.69. The van der Waals surface area contributed by atoms with Crippen LogP contribution in [-0.2, 0) is 10.2 Å². The molecule has 0 aromatic heterocycles. The summed E-state index contributed by atoms with van der Waals surface area (Å²) >= 11 is 6.06. The van der Waals surface area contributed by atoms with Crippen LogP contribution >= 0.6 is 11.6 Å². The lowest BCUT2D eigenvalue weighted by molar-refractivity contribution is -0.109. The van der Waals surface area contributed by atoms with E-state index in [1.54, 1.807) is 0 Å². The van der Waals surface area contributed by atoms with Gasteiger partial charge >= 0.3 is 0 Å². The number of rotatable bonds is 10. The molecule has 1 saturated heterocycles. The molecule has 1 fully saturated rings. The lowest BCUT2D eigenvalue weighted by Crippen LogP contribution is -2.40. The van der Waals surface area contributed by atoms with E-state index in [-0.39, 0.29) is 5.41 Å². The highest BCUT2D eigenvalue weighted by atomic mass is 35.5. The highest BCUT2D eigenvalue weighted by molar-refractivity contribution is 6.30. The van der Waals surface area contributed by atoms with Crippen LogP contribution in [0.25, 0.3) is 0 Å². The third kappa shape index (κ3) is 5.85. The minimum atomic E-state index is -0.231. The zero-order valence-electron chi connectivity index (χ0n) is 19.1. The van der Waals surface area contributed by atoms with Crippen molar-refractivity contribution in [1.29, 1.82) is 0 Å². The Balaban J connectivity index is 1.42. The van der Waals surface area contributed by atoms with Crippen LogP contribution in [0.2, 0.25) is 5.02 Å². The number of piperidine rings is 1. The molecule has 0 aliphatic carbocycles. The van der Waals surface area contributed by atoms with Crippen LogP contribution in [-0.4, -0.2) is 37.5 Å². The van der Waals surface area contributed by atoms with E-state index < -0.39 is 0 Å². The third-order valence-corrected chi connectivity index (χ3v) is 7.40. The second kappa shape index (κ2) is 11.5. The molecule has 172 valence electrons. The van der Waals surface area contributed by atoms with Crippen molar-refractivity contribution in [2.45, 2.75) is 37.0 Å². The fourth-order valence-corrected chi connectivity index (χ4v) is 5.43. The largest absolute Gasteiger partial charge is 0.357 e. The Morgan fingerprint density at radius 1 is 0.879 bits per heavy atom. The predicted molar refractivity (Wildman–Crippen MR) is 137 cm³/mol. The van der Waals surface area contributed by atoms with Gasteiger partial charge in [-0.2, -0.15) is 0 Å². The van der Waals surface area contributed by atoms with E-state index in [0.29, 0.717) is 12.5 Å². The summed E-state index contributed by atoms with van der Waals surface area (Å²) in [7, 11) is 0. The molecule has 0 saturated carbocycles. The van der Waals surface area contributed by atoms with Crippen LogP contribution in [0.3, 0.4) is 0 Å². The topological polar surface area (TPSA) is 32.3 Å². The smallest absolute Gasteiger partial charge is 0.207 e. The molecule has 3 nitrogen and oxygen atoms in total. The second-order valence-corrected chi connectivity index (χ2v) is 9.52. The fraction of sp³-hybridized carbons (Fsp3) is 0.345. The Morgan fingerprint density at radius 3 is 2.00 bits per heavy atom. The first kappa shape index (κ1) is 23.5. The molecular weight excluding hydrogens is 428 g/mol. The normalized spacial score (nSPS) is 15.3. The molecular formula is C29H33ClN2O. The molecule has 0 radical (unpaired) electrons. The van der Waals surface area contributed by atoms with Crippen molar-refractivity contribution in [3.8, 4) is 0 Å². The number of benzene rings is 3. The Bertz CT molecular complexity index is 944. The van der Waals surface area contributed by atoms with E-state index in [4.69, 9.17) is 11.6 Å². The molecule has 1 N–H and O–H groups in total. The summed E-state index contributed by atoms with van der Waals surface area (Å²) in [6, 6.07) is 29.6. The average molecular weight is 461 g/mol. The molecule has 0 unspecified atom stereocenters. The molecule has 3 aromatic carbocycles. The Hall–Kier alpha value is -2.62. The maximum atomic E-state index is 11.3. The van der Waals surface area contributed by atoms with Gasteiger partial charge in [-0.3, -0.25) is 4.79 Å². The van der Waals surface area contributed by atoms with Crippen molar-refractivity contribution in [3.63, 3.8) is 0 Å². The van der Waals surface area contributed by atoms with Crippen molar-refractivity contribution < 1.29 is 4.79 Å². The molecule has 0 spiro atoms. The van der Waals surface area contributed by atoms with Gasteiger partial charge in [0.25, 0.3) is 0 Å². The number of hydrogen-bond acceptors (Lipinski definition) is 2. The Labute approximate surface area is 202 Å². The van der Waals surface area contributed by atoms with Crippen molar-refractivity contribution in [2.75, 3.05) is 26.2 Å². The number of carbonyl (C=O) groups is 1. The third-order valence-electron chi connectivity index (χ3n) is 7.15. The van der Waals surface area contributed by atoms with E-state index in [1.165, 1.54) is 29.5 Å². The summed E-state index contributed by atoms with van der Waals surface area (Å²) < 4.78 is 0. The lowest BCUT2D eigenvalue weighted by atomic mass is 9.71. The first-order valence-electron chi connectivity index (χ1n) is 12.0. The van der Waals surface area contributed by atoms with Crippen LogP contribution in [0, 0.1) is 0 Å². The van der Waals surface area contributed by atoms with Gasteiger partial charge in [0.1, 0.15) is 0 Å². The van der Waals surface area contributed by atoms with Gasteiger partial charge in [-0.1, -0.05) is 84.4 Å². The maximum Gasteiger partial charge on any atom is 0.207 e. The van der Waals surface area contributed by atoms with Gasteiger partial charge in [0.05, 0.1) is 0 Å².